The third kappa shape index (κ3) is 3.63. The number of aryl methyl sites for hydroxylation is 1. The number of amides is 1. The van der Waals surface area contributed by atoms with Gasteiger partial charge in [0.05, 0.1) is 6.20 Å². The van der Waals surface area contributed by atoms with Crippen LogP contribution in [0.2, 0.25) is 0 Å². The molecule has 2 aromatic rings. The first-order valence-electron chi connectivity index (χ1n) is 6.67. The zero-order valence-electron chi connectivity index (χ0n) is 12.3. The predicted octanol–water partition coefficient (Wildman–Crippen LogP) is 1.78. The van der Waals surface area contributed by atoms with Crippen molar-refractivity contribution in [3.8, 4) is 0 Å². The van der Waals surface area contributed by atoms with Gasteiger partial charge in [0, 0.05) is 18.3 Å². The fourth-order valence-electron chi connectivity index (χ4n) is 1.95. The summed E-state index contributed by atoms with van der Waals surface area (Å²) in [6.07, 6.45) is 0.630. The number of alkyl carbamates (subject to hydrolysis) is 1. The van der Waals surface area contributed by atoms with E-state index in [1.54, 1.807) is 18.7 Å². The van der Waals surface area contributed by atoms with Gasteiger partial charge in [-0.05, 0) is 12.5 Å². The Bertz CT molecular complexity index is 667. The molecule has 0 bridgehead atoms. The van der Waals surface area contributed by atoms with Crippen LogP contribution in [0.5, 0.6) is 0 Å². The van der Waals surface area contributed by atoms with Gasteiger partial charge >= 0.3 is 12.1 Å². The van der Waals surface area contributed by atoms with Crippen LogP contribution >= 0.6 is 0 Å². The van der Waals surface area contributed by atoms with E-state index < -0.39 is 18.1 Å². The number of aromatic nitrogens is 2. The Morgan fingerprint density at radius 2 is 2.05 bits per heavy atom. The first-order valence-corrected chi connectivity index (χ1v) is 6.67. The summed E-state index contributed by atoms with van der Waals surface area (Å²) >= 11 is 0. The molecule has 7 nitrogen and oxygen atoms in total. The Morgan fingerprint density at radius 1 is 1.36 bits per heavy atom. The summed E-state index contributed by atoms with van der Waals surface area (Å²) in [6, 6.07) is 7.94. The smallest absolute Gasteiger partial charge is 0.408 e. The second kappa shape index (κ2) is 6.75. The molecule has 1 amide bonds. The molecule has 0 fully saturated rings. The number of ether oxygens (including phenoxy) is 1. The number of benzene rings is 1. The Labute approximate surface area is 127 Å². The number of hydrogen-bond acceptors (Lipinski definition) is 4. The minimum atomic E-state index is -1.20. The lowest BCUT2D eigenvalue weighted by Gasteiger charge is -2.14. The molecule has 1 aromatic heterocycles. The lowest BCUT2D eigenvalue weighted by atomic mass is 10.1. The summed E-state index contributed by atoms with van der Waals surface area (Å²) in [4.78, 5) is 23.2. The Morgan fingerprint density at radius 3 is 2.59 bits per heavy atom. The molecule has 116 valence electrons. The third-order valence-electron chi connectivity index (χ3n) is 3.31. The highest BCUT2D eigenvalue weighted by Crippen LogP contribution is 2.17. The van der Waals surface area contributed by atoms with E-state index in [9.17, 15) is 14.7 Å². The van der Waals surface area contributed by atoms with Crippen molar-refractivity contribution >= 4 is 12.1 Å². The van der Waals surface area contributed by atoms with Gasteiger partial charge in [0.25, 0.3) is 0 Å². The normalized spacial score (nSPS) is 11.7. The Balaban J connectivity index is 2.01. The number of rotatable bonds is 5. The molecule has 0 aliphatic carbocycles. The summed E-state index contributed by atoms with van der Waals surface area (Å²) in [5, 5.41) is 15.6. The molecule has 1 atom stereocenters. The van der Waals surface area contributed by atoms with Gasteiger partial charge < -0.3 is 15.2 Å². The molecule has 22 heavy (non-hydrogen) atoms. The van der Waals surface area contributed by atoms with Crippen LogP contribution in [0.15, 0.2) is 36.5 Å². The van der Waals surface area contributed by atoms with Crippen molar-refractivity contribution in [2.45, 2.75) is 19.6 Å². The maximum Gasteiger partial charge on any atom is 0.408 e. The molecule has 2 rings (SSSR count). The van der Waals surface area contributed by atoms with E-state index in [2.05, 4.69) is 10.4 Å². The summed E-state index contributed by atoms with van der Waals surface area (Å²) in [5.41, 5.74) is 1.91. The van der Waals surface area contributed by atoms with Crippen LogP contribution in [0.3, 0.4) is 0 Å². The number of hydrogen-bond donors (Lipinski definition) is 2. The summed E-state index contributed by atoms with van der Waals surface area (Å²) < 4.78 is 6.58. The zero-order valence-corrected chi connectivity index (χ0v) is 12.3. The van der Waals surface area contributed by atoms with E-state index in [0.717, 1.165) is 5.56 Å². The second-order valence-corrected chi connectivity index (χ2v) is 4.79. The highest BCUT2D eigenvalue weighted by molar-refractivity contribution is 5.81. The molecule has 1 unspecified atom stereocenters. The SMILES string of the molecule is Cc1c(C(NC(=O)OCc2ccccc2)C(=O)O)cnn1C. The molecule has 7 heteroatoms. The number of carbonyl (C=O) groups excluding carboxylic acids is 1. The van der Waals surface area contributed by atoms with Gasteiger partial charge in [0.1, 0.15) is 6.61 Å². The maximum absolute atomic E-state index is 11.8. The van der Waals surface area contributed by atoms with Crippen molar-refractivity contribution in [1.29, 1.82) is 0 Å². The Hall–Kier alpha value is -2.83. The van der Waals surface area contributed by atoms with Crippen LogP contribution in [-0.4, -0.2) is 26.9 Å². The summed E-state index contributed by atoms with van der Waals surface area (Å²) in [6.45, 7) is 1.81. The second-order valence-electron chi connectivity index (χ2n) is 4.79. The van der Waals surface area contributed by atoms with E-state index in [4.69, 9.17) is 4.74 Å². The summed E-state index contributed by atoms with van der Waals surface area (Å²) in [7, 11) is 1.70. The largest absolute Gasteiger partial charge is 0.479 e. The van der Waals surface area contributed by atoms with E-state index in [1.807, 2.05) is 30.3 Å². The van der Waals surface area contributed by atoms with Crippen molar-refractivity contribution < 1.29 is 19.4 Å². The lowest BCUT2D eigenvalue weighted by Crippen LogP contribution is -2.34. The van der Waals surface area contributed by atoms with E-state index in [0.29, 0.717) is 11.3 Å². The lowest BCUT2D eigenvalue weighted by molar-refractivity contribution is -0.139. The highest BCUT2D eigenvalue weighted by atomic mass is 16.5. The topological polar surface area (TPSA) is 93.4 Å². The van der Waals surface area contributed by atoms with E-state index in [1.165, 1.54) is 6.20 Å². The molecule has 0 radical (unpaired) electrons. The van der Waals surface area contributed by atoms with Gasteiger partial charge in [0.15, 0.2) is 6.04 Å². The van der Waals surface area contributed by atoms with Gasteiger partial charge in [-0.3, -0.25) is 4.68 Å². The fourth-order valence-corrected chi connectivity index (χ4v) is 1.95. The van der Waals surface area contributed by atoms with Crippen LogP contribution in [0.1, 0.15) is 22.9 Å². The number of carboxylic acids is 1. The number of nitrogens with one attached hydrogen (secondary N) is 1. The molecule has 1 heterocycles. The standard InChI is InChI=1S/C15H17N3O4/c1-10-12(8-16-18(10)2)13(14(19)20)17-15(21)22-9-11-6-4-3-5-7-11/h3-8,13H,9H2,1-2H3,(H,17,21)(H,19,20). The van der Waals surface area contributed by atoms with Crippen molar-refractivity contribution in [2.75, 3.05) is 0 Å². The van der Waals surface area contributed by atoms with Gasteiger partial charge in [-0.1, -0.05) is 30.3 Å². The average molecular weight is 303 g/mol. The number of aliphatic carboxylic acids is 1. The van der Waals surface area contributed by atoms with Crippen molar-refractivity contribution in [3.05, 3.63) is 53.3 Å². The van der Waals surface area contributed by atoms with Crippen LogP contribution in [0, 0.1) is 6.92 Å². The Kier molecular flexibility index (Phi) is 4.77. The molecular formula is C15H17N3O4. The van der Waals surface area contributed by atoms with Crippen molar-refractivity contribution in [2.24, 2.45) is 7.05 Å². The maximum atomic E-state index is 11.8. The van der Waals surface area contributed by atoms with E-state index >= 15 is 0 Å². The van der Waals surface area contributed by atoms with Crippen LogP contribution < -0.4 is 5.32 Å². The first-order chi connectivity index (χ1) is 10.5. The van der Waals surface area contributed by atoms with Crippen molar-refractivity contribution in [1.82, 2.24) is 15.1 Å². The molecule has 0 aliphatic heterocycles. The monoisotopic (exact) mass is 303 g/mol. The van der Waals surface area contributed by atoms with Gasteiger partial charge in [-0.25, -0.2) is 9.59 Å². The third-order valence-corrected chi connectivity index (χ3v) is 3.31. The number of carbonyl (C=O) groups is 2. The molecule has 0 saturated heterocycles. The number of carboxylic acid groups (broad SMARTS) is 1. The quantitative estimate of drug-likeness (QED) is 0.878. The molecule has 2 N–H and O–H groups in total. The minimum Gasteiger partial charge on any atom is -0.479 e. The van der Waals surface area contributed by atoms with Crippen LogP contribution in [0.4, 0.5) is 4.79 Å². The number of nitrogens with zero attached hydrogens (tertiary/aromatic N) is 2. The van der Waals surface area contributed by atoms with Gasteiger partial charge in [-0.15, -0.1) is 0 Å². The summed E-state index contributed by atoms with van der Waals surface area (Å²) in [5.74, 6) is -1.17. The molecular weight excluding hydrogens is 286 g/mol. The average Bonchev–Trinajstić information content (AvgIpc) is 2.83. The van der Waals surface area contributed by atoms with Crippen LogP contribution in [-0.2, 0) is 23.2 Å². The van der Waals surface area contributed by atoms with E-state index in [-0.39, 0.29) is 6.61 Å². The first kappa shape index (κ1) is 15.6. The molecule has 0 spiro atoms. The molecule has 1 aromatic carbocycles. The fraction of sp³-hybridized carbons (Fsp3) is 0.267. The van der Waals surface area contributed by atoms with Gasteiger partial charge in [-0.2, -0.15) is 5.10 Å². The van der Waals surface area contributed by atoms with Gasteiger partial charge in [0.2, 0.25) is 0 Å². The van der Waals surface area contributed by atoms with Crippen molar-refractivity contribution in [3.63, 3.8) is 0 Å². The zero-order chi connectivity index (χ0) is 16.1. The molecule has 0 saturated carbocycles. The van der Waals surface area contributed by atoms with Crippen LogP contribution in [0.25, 0.3) is 0 Å². The predicted molar refractivity (Wildman–Crippen MR) is 78.1 cm³/mol. The minimum absolute atomic E-state index is 0.0744. The molecule has 0 aliphatic rings. The highest BCUT2D eigenvalue weighted by Gasteiger charge is 2.26.